The maximum Gasteiger partial charge on any atom is 0.407 e. The van der Waals surface area contributed by atoms with Gasteiger partial charge >= 0.3 is 6.09 Å². The van der Waals surface area contributed by atoms with Crippen LogP contribution in [-0.2, 0) is 9.53 Å². The van der Waals surface area contributed by atoms with Gasteiger partial charge in [0.1, 0.15) is 12.4 Å². The Kier molecular flexibility index (Phi) is 3.94. The maximum atomic E-state index is 12.2. The molecule has 0 radical (unpaired) electrons. The molecule has 1 fully saturated rings. The minimum Gasteiger partial charge on any atom is -0.448 e. The number of carbonyl (C=O) groups is 2. The van der Waals surface area contributed by atoms with E-state index in [1.54, 1.807) is 6.92 Å². The monoisotopic (exact) mass is 279 g/mol. The highest BCUT2D eigenvalue weighted by molar-refractivity contribution is 5.85. The molecule has 0 spiro atoms. The summed E-state index contributed by atoms with van der Waals surface area (Å²) in [7, 11) is 0. The van der Waals surface area contributed by atoms with Gasteiger partial charge in [0.25, 0.3) is 0 Å². The fourth-order valence-electron chi connectivity index (χ4n) is 3.82. The van der Waals surface area contributed by atoms with Gasteiger partial charge in [-0.25, -0.2) is 4.79 Å². The molecule has 112 valence electrons. The molecule has 1 saturated carbocycles. The normalized spacial score (nSPS) is 31.9. The summed E-state index contributed by atoms with van der Waals surface area (Å²) in [5.41, 5.74) is 2.26. The molecule has 2 aliphatic carbocycles. The topological polar surface area (TPSA) is 55.4 Å². The number of ether oxygens (including phenoxy) is 1. The third-order valence-corrected chi connectivity index (χ3v) is 5.12. The maximum absolute atomic E-state index is 12.2. The smallest absolute Gasteiger partial charge is 0.407 e. The van der Waals surface area contributed by atoms with Gasteiger partial charge in [-0.3, -0.25) is 4.79 Å². The molecule has 0 aromatic rings. The first-order chi connectivity index (χ1) is 9.28. The number of hydrogen-bond acceptors (Lipinski definition) is 3. The highest BCUT2D eigenvalue weighted by Crippen LogP contribution is 2.58. The van der Waals surface area contributed by atoms with E-state index in [1.807, 2.05) is 13.8 Å². The molecular formula is C16H25NO3. The number of alkyl carbamates (subject to hydrolysis) is 1. The Morgan fingerprint density at radius 3 is 2.45 bits per heavy atom. The Morgan fingerprint density at radius 1 is 1.35 bits per heavy atom. The van der Waals surface area contributed by atoms with Gasteiger partial charge in [0, 0.05) is 6.04 Å². The number of hydrogen-bond donors (Lipinski definition) is 1. The minimum atomic E-state index is -0.497. The third-order valence-electron chi connectivity index (χ3n) is 5.12. The number of ketones is 1. The molecule has 2 aliphatic rings. The zero-order chi connectivity index (χ0) is 15.1. The lowest BCUT2D eigenvalue weighted by molar-refractivity contribution is -0.130. The number of rotatable bonds is 4. The van der Waals surface area contributed by atoms with Crippen LogP contribution in [-0.4, -0.2) is 24.5 Å². The first-order valence-corrected chi connectivity index (χ1v) is 7.39. The van der Waals surface area contributed by atoms with Crippen LogP contribution in [0, 0.1) is 17.3 Å². The highest BCUT2D eigenvalue weighted by atomic mass is 16.5. The largest absolute Gasteiger partial charge is 0.448 e. The van der Waals surface area contributed by atoms with E-state index in [-0.39, 0.29) is 24.3 Å². The molecule has 0 heterocycles. The van der Waals surface area contributed by atoms with Crippen molar-refractivity contribution in [2.24, 2.45) is 17.3 Å². The quantitative estimate of drug-likeness (QED) is 0.805. The van der Waals surface area contributed by atoms with Crippen LogP contribution in [0.15, 0.2) is 11.1 Å². The number of fused-ring (bicyclic) bond motifs is 2. The number of Topliss-reactive ketones (excluding diaryl/α,β-unsaturated/α-hetero) is 1. The van der Waals surface area contributed by atoms with Gasteiger partial charge in [-0.2, -0.15) is 0 Å². The summed E-state index contributed by atoms with van der Waals surface area (Å²) in [5, 5.41) is 2.70. The fourth-order valence-corrected chi connectivity index (χ4v) is 3.82. The van der Waals surface area contributed by atoms with E-state index in [0.29, 0.717) is 5.92 Å². The molecule has 2 bridgehead atoms. The summed E-state index contributed by atoms with van der Waals surface area (Å²) in [5.74, 6) is 0.881. The van der Waals surface area contributed by atoms with Crippen molar-refractivity contribution in [3.05, 3.63) is 11.1 Å². The van der Waals surface area contributed by atoms with Crippen molar-refractivity contribution in [2.45, 2.75) is 53.5 Å². The van der Waals surface area contributed by atoms with E-state index in [0.717, 1.165) is 12.8 Å². The second-order valence-corrected chi connectivity index (χ2v) is 6.64. The van der Waals surface area contributed by atoms with Crippen molar-refractivity contribution in [3.63, 3.8) is 0 Å². The van der Waals surface area contributed by atoms with Gasteiger partial charge < -0.3 is 10.1 Å². The molecule has 0 aromatic carbocycles. The van der Waals surface area contributed by atoms with E-state index in [4.69, 9.17) is 4.74 Å². The van der Waals surface area contributed by atoms with Gasteiger partial charge in [-0.1, -0.05) is 11.1 Å². The molecule has 4 nitrogen and oxygen atoms in total. The van der Waals surface area contributed by atoms with Gasteiger partial charge in [0.15, 0.2) is 0 Å². The average Bonchev–Trinajstić information content (AvgIpc) is 2.85. The van der Waals surface area contributed by atoms with Crippen LogP contribution in [0.1, 0.15) is 47.5 Å². The molecule has 1 N–H and O–H groups in total. The first-order valence-electron chi connectivity index (χ1n) is 7.39. The van der Waals surface area contributed by atoms with E-state index < -0.39 is 11.5 Å². The predicted molar refractivity (Wildman–Crippen MR) is 77.3 cm³/mol. The van der Waals surface area contributed by atoms with Crippen LogP contribution in [0.4, 0.5) is 4.79 Å². The van der Waals surface area contributed by atoms with E-state index in [9.17, 15) is 9.59 Å². The molecule has 1 amide bonds. The summed E-state index contributed by atoms with van der Waals surface area (Å²) in [6, 6.07) is 0.0414. The fraction of sp³-hybridized carbons (Fsp3) is 0.750. The zero-order valence-electron chi connectivity index (χ0n) is 13.1. The Balaban J connectivity index is 2.10. The predicted octanol–water partition coefficient (Wildman–Crippen LogP) is 3.07. The molecule has 2 rings (SSSR count). The second kappa shape index (κ2) is 5.23. The van der Waals surface area contributed by atoms with Gasteiger partial charge in [0.05, 0.1) is 5.41 Å². The molecule has 3 unspecified atom stereocenters. The van der Waals surface area contributed by atoms with E-state index >= 15 is 0 Å². The van der Waals surface area contributed by atoms with Crippen molar-refractivity contribution in [2.75, 3.05) is 6.61 Å². The van der Waals surface area contributed by atoms with Crippen LogP contribution in [0.3, 0.4) is 0 Å². The molecular weight excluding hydrogens is 254 g/mol. The number of nitrogens with one attached hydrogen (secondary N) is 1. The Labute approximate surface area is 120 Å². The second-order valence-electron chi connectivity index (χ2n) is 6.64. The van der Waals surface area contributed by atoms with Crippen molar-refractivity contribution < 1.29 is 14.3 Å². The van der Waals surface area contributed by atoms with E-state index in [1.165, 1.54) is 11.1 Å². The molecule has 0 aromatic heterocycles. The standard InChI is InChI=1S/C16H25NO3/c1-9(2)17-15(19)20-8-16(12(5)18)7-13-6-14(16)11(4)10(13)3/h9,13-14H,6-8H2,1-5H3,(H,17,19). The Morgan fingerprint density at radius 2 is 2.00 bits per heavy atom. The average molecular weight is 279 g/mol. The first kappa shape index (κ1) is 15.1. The van der Waals surface area contributed by atoms with Crippen molar-refractivity contribution in [1.82, 2.24) is 5.32 Å². The summed E-state index contributed by atoms with van der Waals surface area (Å²) in [6.45, 7) is 9.88. The van der Waals surface area contributed by atoms with Gasteiger partial charge in [0.2, 0.25) is 0 Å². The van der Waals surface area contributed by atoms with Crippen molar-refractivity contribution in [3.8, 4) is 0 Å². The molecule has 20 heavy (non-hydrogen) atoms. The zero-order valence-corrected chi connectivity index (χ0v) is 13.1. The Hall–Kier alpha value is -1.32. The molecule has 4 heteroatoms. The van der Waals surface area contributed by atoms with Crippen LogP contribution in [0.5, 0.6) is 0 Å². The van der Waals surface area contributed by atoms with Crippen molar-refractivity contribution in [1.29, 1.82) is 0 Å². The lowest BCUT2D eigenvalue weighted by Gasteiger charge is -2.36. The van der Waals surface area contributed by atoms with Crippen LogP contribution in [0.2, 0.25) is 0 Å². The van der Waals surface area contributed by atoms with E-state index in [2.05, 4.69) is 19.2 Å². The van der Waals surface area contributed by atoms with Crippen LogP contribution < -0.4 is 5.32 Å². The summed E-state index contributed by atoms with van der Waals surface area (Å²) >= 11 is 0. The van der Waals surface area contributed by atoms with Gasteiger partial charge in [-0.05, 0) is 59.3 Å². The SMILES string of the molecule is CC(=O)C1(COC(=O)NC(C)C)CC2CC1C(C)=C2C. The summed E-state index contributed by atoms with van der Waals surface area (Å²) in [4.78, 5) is 23.9. The number of allylic oxidation sites excluding steroid dienone is 2. The number of amides is 1. The highest BCUT2D eigenvalue weighted by Gasteiger charge is 2.56. The minimum absolute atomic E-state index is 0.0414. The molecule has 0 saturated heterocycles. The lowest BCUT2D eigenvalue weighted by Crippen LogP contribution is -2.42. The molecule has 0 aliphatic heterocycles. The summed E-state index contributed by atoms with van der Waals surface area (Å²) in [6.07, 6.45) is 1.43. The lowest BCUT2D eigenvalue weighted by atomic mass is 9.69. The third kappa shape index (κ3) is 2.36. The van der Waals surface area contributed by atoms with Crippen molar-refractivity contribution >= 4 is 11.9 Å². The van der Waals surface area contributed by atoms with Gasteiger partial charge in [-0.15, -0.1) is 0 Å². The van der Waals surface area contributed by atoms with Crippen LogP contribution in [0.25, 0.3) is 0 Å². The summed E-state index contributed by atoms with van der Waals surface area (Å²) < 4.78 is 5.34. The molecule has 3 atom stereocenters. The number of carbonyl (C=O) groups excluding carboxylic acids is 2. The van der Waals surface area contributed by atoms with Crippen LogP contribution >= 0.6 is 0 Å². The Bertz CT molecular complexity index is 466.